The van der Waals surface area contributed by atoms with E-state index >= 15 is 0 Å². The fourth-order valence-corrected chi connectivity index (χ4v) is 3.18. The maximum Gasteiger partial charge on any atom is 0.240 e. The largest absolute Gasteiger partial charge is 0.374 e. The number of anilines is 1. The first-order chi connectivity index (χ1) is 11.7. The van der Waals surface area contributed by atoms with E-state index in [0.717, 1.165) is 11.3 Å². The maximum atomic E-state index is 9.26. The SMILES string of the molecule is N#CC1(Cl)NC=CC=C1Nc1ccc(COC2CCCCC2)cc1. The molecular weight excluding hydrogens is 322 g/mol. The highest BCUT2D eigenvalue weighted by molar-refractivity contribution is 6.28. The zero-order valence-corrected chi connectivity index (χ0v) is 14.4. The van der Waals surface area contributed by atoms with Crippen LogP contribution in [0.25, 0.3) is 0 Å². The molecule has 2 N–H and O–H groups in total. The zero-order valence-electron chi connectivity index (χ0n) is 13.6. The molecule has 0 bridgehead atoms. The van der Waals surface area contributed by atoms with Gasteiger partial charge >= 0.3 is 0 Å². The van der Waals surface area contributed by atoms with Gasteiger partial charge in [-0.3, -0.25) is 0 Å². The van der Waals surface area contributed by atoms with Gasteiger partial charge in [0.2, 0.25) is 5.00 Å². The second-order valence-corrected chi connectivity index (χ2v) is 6.81. The van der Waals surface area contributed by atoms with Gasteiger partial charge in [0.1, 0.15) is 6.07 Å². The van der Waals surface area contributed by atoms with Crippen molar-refractivity contribution >= 4 is 17.3 Å². The molecule has 24 heavy (non-hydrogen) atoms. The second kappa shape index (κ2) is 7.74. The van der Waals surface area contributed by atoms with E-state index in [4.69, 9.17) is 16.3 Å². The number of allylic oxidation sites excluding steroid dienone is 2. The fourth-order valence-electron chi connectivity index (χ4n) is 3.01. The number of hydrogen-bond donors (Lipinski definition) is 2. The molecule has 1 atom stereocenters. The van der Waals surface area contributed by atoms with E-state index in [1.807, 2.05) is 30.3 Å². The Labute approximate surface area is 148 Å². The zero-order chi connectivity index (χ0) is 16.8. The fraction of sp³-hybridized carbons (Fsp3) is 0.421. The van der Waals surface area contributed by atoms with Gasteiger partial charge in [0.25, 0.3) is 0 Å². The van der Waals surface area contributed by atoms with Crippen molar-refractivity contribution in [2.45, 2.75) is 49.8 Å². The molecule has 1 aliphatic heterocycles. The van der Waals surface area contributed by atoms with Gasteiger partial charge in [-0.25, -0.2) is 0 Å². The van der Waals surface area contributed by atoms with Crippen LogP contribution in [0, 0.1) is 11.3 Å². The highest BCUT2D eigenvalue weighted by Gasteiger charge is 2.32. The molecule has 1 unspecified atom stereocenters. The minimum absolute atomic E-state index is 0.411. The smallest absolute Gasteiger partial charge is 0.240 e. The molecule has 126 valence electrons. The van der Waals surface area contributed by atoms with Crippen molar-refractivity contribution in [3.8, 4) is 6.07 Å². The predicted octanol–water partition coefficient (Wildman–Crippen LogP) is 4.41. The molecule has 1 aliphatic carbocycles. The normalized spacial score (nSPS) is 23.9. The van der Waals surface area contributed by atoms with Gasteiger partial charge < -0.3 is 15.4 Å². The second-order valence-electron chi connectivity index (χ2n) is 6.25. The summed E-state index contributed by atoms with van der Waals surface area (Å²) in [6, 6.07) is 10.1. The number of alkyl halides is 1. The van der Waals surface area contributed by atoms with Crippen LogP contribution in [0.3, 0.4) is 0 Å². The van der Waals surface area contributed by atoms with Crippen LogP contribution in [0.2, 0.25) is 0 Å². The minimum Gasteiger partial charge on any atom is -0.374 e. The number of nitrogens with one attached hydrogen (secondary N) is 2. The predicted molar refractivity (Wildman–Crippen MR) is 96.3 cm³/mol. The van der Waals surface area contributed by atoms with Gasteiger partial charge in [0, 0.05) is 5.69 Å². The van der Waals surface area contributed by atoms with Crippen molar-refractivity contribution < 1.29 is 4.74 Å². The highest BCUT2D eigenvalue weighted by Crippen LogP contribution is 2.26. The maximum absolute atomic E-state index is 9.26. The van der Waals surface area contributed by atoms with Crippen LogP contribution in [0.4, 0.5) is 5.69 Å². The first kappa shape index (κ1) is 16.9. The van der Waals surface area contributed by atoms with Gasteiger partial charge in [-0.1, -0.05) is 43.0 Å². The molecule has 0 amide bonds. The summed E-state index contributed by atoms with van der Waals surface area (Å²) in [7, 11) is 0. The Hall–Kier alpha value is -1.96. The summed E-state index contributed by atoms with van der Waals surface area (Å²) < 4.78 is 5.99. The molecule has 5 heteroatoms. The number of nitriles is 1. The Balaban J connectivity index is 1.57. The summed E-state index contributed by atoms with van der Waals surface area (Å²) in [6.45, 7) is 0.648. The van der Waals surface area contributed by atoms with E-state index in [1.165, 1.54) is 32.1 Å². The summed E-state index contributed by atoms with van der Waals surface area (Å²) in [4.78, 5) is -1.25. The third-order valence-corrected chi connectivity index (χ3v) is 4.83. The number of halogens is 1. The summed E-state index contributed by atoms with van der Waals surface area (Å²) in [5.74, 6) is 0. The molecule has 0 saturated heterocycles. The van der Waals surface area contributed by atoms with Crippen LogP contribution in [-0.4, -0.2) is 11.1 Å². The molecule has 0 aromatic heterocycles. The lowest BCUT2D eigenvalue weighted by Gasteiger charge is -2.26. The lowest BCUT2D eigenvalue weighted by Crippen LogP contribution is -2.41. The summed E-state index contributed by atoms with van der Waals surface area (Å²) in [6.07, 6.45) is 11.9. The van der Waals surface area contributed by atoms with Gasteiger partial charge in [-0.05, 0) is 48.9 Å². The van der Waals surface area contributed by atoms with Crippen molar-refractivity contribution in [3.05, 3.63) is 53.9 Å². The van der Waals surface area contributed by atoms with Crippen molar-refractivity contribution in [2.75, 3.05) is 5.32 Å². The number of hydrogen-bond acceptors (Lipinski definition) is 4. The van der Waals surface area contributed by atoms with Gasteiger partial charge in [0.05, 0.1) is 18.4 Å². The van der Waals surface area contributed by atoms with Gasteiger partial charge in [-0.15, -0.1) is 0 Å². The van der Waals surface area contributed by atoms with E-state index in [9.17, 15) is 5.26 Å². The Morgan fingerprint density at radius 2 is 2.00 bits per heavy atom. The molecule has 1 saturated carbocycles. The Kier molecular flexibility index (Phi) is 5.44. The van der Waals surface area contributed by atoms with E-state index in [2.05, 4.69) is 16.7 Å². The lowest BCUT2D eigenvalue weighted by atomic mass is 9.98. The van der Waals surface area contributed by atoms with Crippen LogP contribution in [-0.2, 0) is 11.3 Å². The molecule has 1 aromatic carbocycles. The van der Waals surface area contributed by atoms with E-state index < -0.39 is 5.00 Å². The average Bonchev–Trinajstić information content (AvgIpc) is 2.64. The molecule has 1 aromatic rings. The average molecular weight is 344 g/mol. The Bertz CT molecular complexity index is 656. The monoisotopic (exact) mass is 343 g/mol. The van der Waals surface area contributed by atoms with Crippen LogP contribution < -0.4 is 10.6 Å². The van der Waals surface area contributed by atoms with Crippen molar-refractivity contribution in [3.63, 3.8) is 0 Å². The van der Waals surface area contributed by atoms with E-state index in [-0.39, 0.29) is 0 Å². The standard InChI is InChI=1S/C19H22ClN3O/c20-19(14-21)18(7-4-12-22-19)23-16-10-8-15(9-11-16)13-24-17-5-2-1-3-6-17/h4,7-12,17,22-23H,1-3,5-6,13H2. The molecule has 1 fully saturated rings. The molecule has 2 aliphatic rings. The molecule has 1 heterocycles. The Morgan fingerprint density at radius 3 is 2.71 bits per heavy atom. The van der Waals surface area contributed by atoms with E-state index in [1.54, 1.807) is 12.3 Å². The van der Waals surface area contributed by atoms with Gasteiger partial charge in [-0.2, -0.15) is 5.26 Å². The number of nitrogens with zero attached hydrogens (tertiary/aromatic N) is 1. The highest BCUT2D eigenvalue weighted by atomic mass is 35.5. The van der Waals surface area contributed by atoms with Crippen molar-refractivity contribution in [2.24, 2.45) is 0 Å². The summed E-state index contributed by atoms with van der Waals surface area (Å²) in [5.41, 5.74) is 2.65. The first-order valence-electron chi connectivity index (χ1n) is 8.42. The quantitative estimate of drug-likeness (QED) is 0.614. The summed E-state index contributed by atoms with van der Waals surface area (Å²) >= 11 is 6.27. The molecule has 0 radical (unpaired) electrons. The van der Waals surface area contributed by atoms with E-state index in [0.29, 0.717) is 18.4 Å². The number of ether oxygens (including phenoxy) is 1. The van der Waals surface area contributed by atoms with Crippen LogP contribution in [0.15, 0.2) is 48.3 Å². The number of dihydropyridines is 1. The number of rotatable bonds is 5. The van der Waals surface area contributed by atoms with Gasteiger partial charge in [0.15, 0.2) is 0 Å². The first-order valence-corrected chi connectivity index (χ1v) is 8.80. The molecule has 3 rings (SSSR count). The molecular formula is C19H22ClN3O. The van der Waals surface area contributed by atoms with Crippen molar-refractivity contribution in [1.82, 2.24) is 5.32 Å². The van der Waals surface area contributed by atoms with Crippen molar-refractivity contribution in [1.29, 1.82) is 5.26 Å². The third kappa shape index (κ3) is 4.11. The lowest BCUT2D eigenvalue weighted by molar-refractivity contribution is 0.0169. The van der Waals surface area contributed by atoms with Crippen LogP contribution in [0.1, 0.15) is 37.7 Å². The molecule has 0 spiro atoms. The Morgan fingerprint density at radius 1 is 1.25 bits per heavy atom. The topological polar surface area (TPSA) is 57.1 Å². The molecule has 4 nitrogen and oxygen atoms in total. The minimum atomic E-state index is -1.25. The summed E-state index contributed by atoms with van der Waals surface area (Å²) in [5, 5.41) is 15.3. The van der Waals surface area contributed by atoms with Crippen LogP contribution >= 0.6 is 11.6 Å². The number of benzene rings is 1. The van der Waals surface area contributed by atoms with Crippen LogP contribution in [0.5, 0.6) is 0 Å². The third-order valence-electron chi connectivity index (χ3n) is 4.44.